The van der Waals surface area contributed by atoms with E-state index in [9.17, 15) is 14.4 Å². The second-order valence-electron chi connectivity index (χ2n) is 5.75. The molecule has 24 heavy (non-hydrogen) atoms. The summed E-state index contributed by atoms with van der Waals surface area (Å²) in [5.41, 5.74) is 6.61. The molecule has 3 N–H and O–H groups in total. The van der Waals surface area contributed by atoms with E-state index in [1.54, 1.807) is 0 Å². The van der Waals surface area contributed by atoms with Gasteiger partial charge in [0, 0.05) is 6.54 Å². The van der Waals surface area contributed by atoms with Gasteiger partial charge in [-0.15, -0.1) is 0 Å². The van der Waals surface area contributed by atoms with Crippen LogP contribution < -0.4 is 10.5 Å². The largest absolute Gasteiger partial charge is 0.491 e. The number of benzene rings is 1. The number of carbonyl (C=O) groups excluding carboxylic acids is 2. The van der Waals surface area contributed by atoms with Gasteiger partial charge in [0.1, 0.15) is 5.75 Å². The SMILES string of the molecule is CCCCCCOc1cc2c(cc1N)C(=O)N(CCC(=O)O)C2=O. The van der Waals surface area contributed by atoms with Crippen LogP contribution in [-0.2, 0) is 4.79 Å². The number of nitrogens with two attached hydrogens (primary N) is 1. The Labute approximate surface area is 140 Å². The van der Waals surface area contributed by atoms with Gasteiger partial charge in [-0.25, -0.2) is 0 Å². The number of nitrogens with zero attached hydrogens (tertiary/aromatic N) is 1. The number of rotatable bonds is 9. The molecule has 1 aromatic rings. The number of unbranched alkanes of at least 4 members (excludes halogenated alkanes) is 3. The number of ether oxygens (including phenoxy) is 1. The normalized spacial score (nSPS) is 13.3. The molecule has 2 amide bonds. The number of carboxylic acids is 1. The smallest absolute Gasteiger partial charge is 0.305 e. The van der Waals surface area contributed by atoms with Crippen molar-refractivity contribution in [2.24, 2.45) is 0 Å². The van der Waals surface area contributed by atoms with Gasteiger partial charge >= 0.3 is 5.97 Å². The fourth-order valence-electron chi connectivity index (χ4n) is 2.58. The van der Waals surface area contributed by atoms with Gasteiger partial charge in [-0.3, -0.25) is 19.3 Å². The van der Waals surface area contributed by atoms with E-state index in [0.29, 0.717) is 18.0 Å². The Morgan fingerprint density at radius 3 is 2.46 bits per heavy atom. The van der Waals surface area contributed by atoms with E-state index in [1.165, 1.54) is 12.1 Å². The van der Waals surface area contributed by atoms with Gasteiger partial charge in [-0.05, 0) is 18.6 Å². The molecule has 0 aromatic heterocycles. The number of hydrogen-bond donors (Lipinski definition) is 2. The number of imide groups is 1. The van der Waals surface area contributed by atoms with Crippen LogP contribution in [0.1, 0.15) is 59.7 Å². The number of amides is 2. The zero-order valence-electron chi connectivity index (χ0n) is 13.7. The fraction of sp³-hybridized carbons (Fsp3) is 0.471. The Hall–Kier alpha value is -2.57. The van der Waals surface area contributed by atoms with Gasteiger partial charge in [-0.1, -0.05) is 26.2 Å². The molecule has 0 saturated carbocycles. The molecule has 0 saturated heterocycles. The summed E-state index contributed by atoms with van der Waals surface area (Å²) < 4.78 is 5.62. The van der Waals surface area contributed by atoms with Crippen LogP contribution in [0.25, 0.3) is 0 Å². The third kappa shape index (κ3) is 3.84. The van der Waals surface area contributed by atoms with Gasteiger partial charge in [0.05, 0.1) is 29.8 Å². The minimum absolute atomic E-state index is 0.158. The summed E-state index contributed by atoms with van der Waals surface area (Å²) in [6.45, 7) is 2.46. The summed E-state index contributed by atoms with van der Waals surface area (Å²) in [6.07, 6.45) is 3.92. The lowest BCUT2D eigenvalue weighted by Gasteiger charge is -2.11. The number of carboxylic acid groups (broad SMARTS) is 1. The first kappa shape index (κ1) is 17.8. The van der Waals surface area contributed by atoms with Crippen molar-refractivity contribution in [2.75, 3.05) is 18.9 Å². The maximum atomic E-state index is 12.3. The van der Waals surface area contributed by atoms with Crippen molar-refractivity contribution in [3.63, 3.8) is 0 Å². The topological polar surface area (TPSA) is 110 Å². The average Bonchev–Trinajstić information content (AvgIpc) is 2.76. The average molecular weight is 334 g/mol. The highest BCUT2D eigenvalue weighted by Crippen LogP contribution is 2.32. The van der Waals surface area contributed by atoms with E-state index in [4.69, 9.17) is 15.6 Å². The third-order valence-corrected chi connectivity index (χ3v) is 3.91. The molecule has 1 aromatic carbocycles. The molecular formula is C17H22N2O5. The van der Waals surface area contributed by atoms with Crippen LogP contribution in [0.5, 0.6) is 5.75 Å². The van der Waals surface area contributed by atoms with Crippen LogP contribution in [-0.4, -0.2) is 40.9 Å². The first-order chi connectivity index (χ1) is 11.5. The van der Waals surface area contributed by atoms with Crippen LogP contribution in [0.2, 0.25) is 0 Å². The molecule has 1 heterocycles. The van der Waals surface area contributed by atoms with Crippen LogP contribution in [0.3, 0.4) is 0 Å². The predicted octanol–water partition coefficient (Wildman–Crippen LogP) is 2.30. The molecule has 0 radical (unpaired) electrons. The van der Waals surface area contributed by atoms with Gasteiger partial charge in [0.25, 0.3) is 11.8 Å². The summed E-state index contributed by atoms with van der Waals surface area (Å²) >= 11 is 0. The molecule has 0 unspecified atom stereocenters. The van der Waals surface area contributed by atoms with Crippen molar-refractivity contribution in [3.05, 3.63) is 23.3 Å². The zero-order valence-corrected chi connectivity index (χ0v) is 13.7. The van der Waals surface area contributed by atoms with Crippen LogP contribution in [0.15, 0.2) is 12.1 Å². The number of fused-ring (bicyclic) bond motifs is 1. The number of anilines is 1. The van der Waals surface area contributed by atoms with Crippen molar-refractivity contribution in [2.45, 2.75) is 39.0 Å². The van der Waals surface area contributed by atoms with E-state index in [1.807, 2.05) is 0 Å². The quantitative estimate of drug-likeness (QED) is 0.407. The fourth-order valence-corrected chi connectivity index (χ4v) is 2.58. The molecule has 1 aliphatic heterocycles. The summed E-state index contributed by atoms with van der Waals surface area (Å²) in [6, 6.07) is 2.91. The van der Waals surface area contributed by atoms with Gasteiger partial charge in [0.15, 0.2) is 0 Å². The number of hydrogen-bond acceptors (Lipinski definition) is 5. The number of aliphatic carboxylic acids is 1. The molecule has 130 valence electrons. The lowest BCUT2D eigenvalue weighted by atomic mass is 10.1. The van der Waals surface area contributed by atoms with Crippen molar-refractivity contribution >= 4 is 23.5 Å². The Balaban J connectivity index is 2.09. The molecule has 0 fully saturated rings. The van der Waals surface area contributed by atoms with Gasteiger partial charge in [-0.2, -0.15) is 0 Å². The molecule has 0 bridgehead atoms. The lowest BCUT2D eigenvalue weighted by Crippen LogP contribution is -2.31. The summed E-state index contributed by atoms with van der Waals surface area (Å²) in [7, 11) is 0. The minimum atomic E-state index is -1.07. The predicted molar refractivity (Wildman–Crippen MR) is 88.1 cm³/mol. The Morgan fingerprint density at radius 1 is 1.17 bits per heavy atom. The van der Waals surface area contributed by atoms with Crippen molar-refractivity contribution < 1.29 is 24.2 Å². The summed E-state index contributed by atoms with van der Waals surface area (Å²) in [5.74, 6) is -1.71. The first-order valence-corrected chi connectivity index (χ1v) is 8.10. The highest BCUT2D eigenvalue weighted by molar-refractivity contribution is 6.22. The second kappa shape index (κ2) is 7.81. The van der Waals surface area contributed by atoms with Crippen LogP contribution in [0.4, 0.5) is 5.69 Å². The molecule has 0 aliphatic carbocycles. The van der Waals surface area contributed by atoms with Crippen molar-refractivity contribution in [1.82, 2.24) is 4.90 Å². The van der Waals surface area contributed by atoms with E-state index in [-0.39, 0.29) is 24.1 Å². The van der Waals surface area contributed by atoms with E-state index in [0.717, 1.165) is 30.6 Å². The van der Waals surface area contributed by atoms with Gasteiger partial charge < -0.3 is 15.6 Å². The molecule has 7 nitrogen and oxygen atoms in total. The molecule has 1 aliphatic rings. The monoisotopic (exact) mass is 334 g/mol. The van der Waals surface area contributed by atoms with Gasteiger partial charge in [0.2, 0.25) is 0 Å². The molecule has 0 spiro atoms. The van der Waals surface area contributed by atoms with Crippen molar-refractivity contribution in [1.29, 1.82) is 0 Å². The van der Waals surface area contributed by atoms with Crippen LogP contribution >= 0.6 is 0 Å². The molecular weight excluding hydrogens is 312 g/mol. The first-order valence-electron chi connectivity index (χ1n) is 8.10. The number of carbonyl (C=O) groups is 3. The lowest BCUT2D eigenvalue weighted by molar-refractivity contribution is -0.137. The third-order valence-electron chi connectivity index (χ3n) is 3.91. The number of nitrogen functional groups attached to an aromatic ring is 1. The molecule has 2 rings (SSSR count). The van der Waals surface area contributed by atoms with E-state index < -0.39 is 17.8 Å². The molecule has 7 heteroatoms. The molecule has 0 atom stereocenters. The second-order valence-corrected chi connectivity index (χ2v) is 5.75. The minimum Gasteiger partial charge on any atom is -0.491 e. The standard InChI is InChI=1S/C17H22N2O5/c1-2-3-4-5-8-24-14-10-12-11(9-13(14)18)16(22)19(17(12)23)7-6-15(20)21/h9-10H,2-8,18H2,1H3,(H,20,21). The Morgan fingerprint density at radius 2 is 1.83 bits per heavy atom. The maximum absolute atomic E-state index is 12.3. The zero-order chi connectivity index (χ0) is 17.7. The van der Waals surface area contributed by atoms with E-state index >= 15 is 0 Å². The van der Waals surface area contributed by atoms with Crippen LogP contribution in [0, 0.1) is 0 Å². The highest BCUT2D eigenvalue weighted by atomic mass is 16.5. The van der Waals surface area contributed by atoms with Crippen molar-refractivity contribution in [3.8, 4) is 5.75 Å². The Kier molecular flexibility index (Phi) is 5.78. The maximum Gasteiger partial charge on any atom is 0.305 e. The Bertz CT molecular complexity index is 657. The highest BCUT2D eigenvalue weighted by Gasteiger charge is 2.36. The van der Waals surface area contributed by atoms with E-state index in [2.05, 4.69) is 6.92 Å². The summed E-state index contributed by atoms with van der Waals surface area (Å²) in [4.78, 5) is 36.1. The summed E-state index contributed by atoms with van der Waals surface area (Å²) in [5, 5.41) is 8.72.